The summed E-state index contributed by atoms with van der Waals surface area (Å²) < 4.78 is 1.37. The van der Waals surface area contributed by atoms with Gasteiger partial charge in [-0.25, -0.2) is 4.98 Å². The standard InChI is InChI=1S/C15H18N4O2.ClH/c16-11-5-7-18(8-6-11)14(20)9-19-10-17-13-4-2-1-3-12(13)15(19)21;/h1-4,10-11H,5-9,16H2;1H. The Bertz CT molecular complexity index is 723. The Morgan fingerprint density at radius 1 is 1.27 bits per heavy atom. The van der Waals surface area contributed by atoms with E-state index in [1.165, 1.54) is 10.9 Å². The van der Waals surface area contributed by atoms with E-state index in [2.05, 4.69) is 4.98 Å². The van der Waals surface area contributed by atoms with Crippen LogP contribution in [0.4, 0.5) is 0 Å². The topological polar surface area (TPSA) is 81.2 Å². The summed E-state index contributed by atoms with van der Waals surface area (Å²) in [5.74, 6) is -0.0546. The van der Waals surface area contributed by atoms with Gasteiger partial charge in [0.1, 0.15) is 6.54 Å². The molecule has 1 aromatic carbocycles. The van der Waals surface area contributed by atoms with Crippen LogP contribution >= 0.6 is 12.4 Å². The van der Waals surface area contributed by atoms with Gasteiger partial charge < -0.3 is 10.6 Å². The first-order valence-corrected chi connectivity index (χ1v) is 7.12. The van der Waals surface area contributed by atoms with E-state index in [9.17, 15) is 9.59 Å². The minimum absolute atomic E-state index is 0. The van der Waals surface area contributed by atoms with Gasteiger partial charge in [-0.15, -0.1) is 12.4 Å². The third kappa shape index (κ3) is 3.28. The van der Waals surface area contributed by atoms with E-state index < -0.39 is 0 Å². The second kappa shape index (κ2) is 6.89. The zero-order valence-corrected chi connectivity index (χ0v) is 13.0. The average Bonchev–Trinajstić information content (AvgIpc) is 2.51. The van der Waals surface area contributed by atoms with Crippen LogP contribution in [0, 0.1) is 0 Å². The molecule has 0 atom stereocenters. The van der Waals surface area contributed by atoms with E-state index in [1.54, 1.807) is 23.1 Å². The molecule has 22 heavy (non-hydrogen) atoms. The number of nitrogens with zero attached hydrogens (tertiary/aromatic N) is 3. The molecule has 3 rings (SSSR count). The van der Waals surface area contributed by atoms with Crippen molar-refractivity contribution in [3.05, 3.63) is 40.9 Å². The summed E-state index contributed by atoms with van der Waals surface area (Å²) >= 11 is 0. The molecule has 0 spiro atoms. The van der Waals surface area contributed by atoms with Crippen molar-refractivity contribution < 1.29 is 4.79 Å². The van der Waals surface area contributed by atoms with Crippen molar-refractivity contribution in [1.29, 1.82) is 0 Å². The van der Waals surface area contributed by atoms with Gasteiger partial charge in [0.25, 0.3) is 5.56 Å². The fraction of sp³-hybridized carbons (Fsp3) is 0.400. The Kier molecular flexibility index (Phi) is 5.15. The van der Waals surface area contributed by atoms with Crippen LogP contribution in [0.3, 0.4) is 0 Å². The Morgan fingerprint density at radius 3 is 2.68 bits per heavy atom. The number of fused-ring (bicyclic) bond motifs is 1. The number of carbonyl (C=O) groups excluding carboxylic acids is 1. The van der Waals surface area contributed by atoms with Crippen LogP contribution in [0.2, 0.25) is 0 Å². The quantitative estimate of drug-likeness (QED) is 0.885. The molecule has 118 valence electrons. The van der Waals surface area contributed by atoms with Gasteiger partial charge in [0, 0.05) is 19.1 Å². The van der Waals surface area contributed by atoms with E-state index in [1.807, 2.05) is 6.07 Å². The lowest BCUT2D eigenvalue weighted by Crippen LogP contribution is -2.44. The Balaban J connectivity index is 0.00000176. The Labute approximate surface area is 134 Å². The molecule has 1 aliphatic heterocycles. The highest BCUT2D eigenvalue weighted by atomic mass is 35.5. The van der Waals surface area contributed by atoms with E-state index in [0.717, 1.165) is 12.8 Å². The van der Waals surface area contributed by atoms with E-state index >= 15 is 0 Å². The first kappa shape index (κ1) is 16.5. The molecule has 0 saturated carbocycles. The van der Waals surface area contributed by atoms with Crippen LogP contribution in [-0.4, -0.2) is 39.5 Å². The second-order valence-electron chi connectivity index (χ2n) is 5.41. The smallest absolute Gasteiger partial charge is 0.261 e. The molecule has 7 heteroatoms. The van der Waals surface area contributed by atoms with Crippen LogP contribution in [-0.2, 0) is 11.3 Å². The van der Waals surface area contributed by atoms with Crippen molar-refractivity contribution >= 4 is 29.2 Å². The maximum atomic E-state index is 12.3. The van der Waals surface area contributed by atoms with Crippen LogP contribution in [0.15, 0.2) is 35.4 Å². The molecule has 6 nitrogen and oxygen atoms in total. The number of para-hydroxylation sites is 1. The molecule has 0 radical (unpaired) electrons. The highest BCUT2D eigenvalue weighted by Gasteiger charge is 2.21. The molecule has 2 heterocycles. The van der Waals surface area contributed by atoms with Gasteiger partial charge in [-0.3, -0.25) is 14.2 Å². The van der Waals surface area contributed by atoms with Crippen LogP contribution < -0.4 is 11.3 Å². The largest absolute Gasteiger partial charge is 0.341 e. The van der Waals surface area contributed by atoms with Crippen molar-refractivity contribution in [2.24, 2.45) is 5.73 Å². The second-order valence-corrected chi connectivity index (χ2v) is 5.41. The third-order valence-corrected chi connectivity index (χ3v) is 3.93. The van der Waals surface area contributed by atoms with Crippen LogP contribution in [0.5, 0.6) is 0 Å². The van der Waals surface area contributed by atoms with E-state index in [-0.39, 0.29) is 36.5 Å². The number of aromatic nitrogens is 2. The molecule has 1 fully saturated rings. The minimum Gasteiger partial charge on any atom is -0.341 e. The summed E-state index contributed by atoms with van der Waals surface area (Å²) in [4.78, 5) is 30.6. The lowest BCUT2D eigenvalue weighted by Gasteiger charge is -2.30. The summed E-state index contributed by atoms with van der Waals surface area (Å²) in [6, 6.07) is 7.32. The Morgan fingerprint density at radius 2 is 1.95 bits per heavy atom. The fourth-order valence-electron chi connectivity index (χ4n) is 2.61. The average molecular weight is 323 g/mol. The minimum atomic E-state index is -0.178. The number of halogens is 1. The first-order valence-electron chi connectivity index (χ1n) is 7.12. The van der Waals surface area contributed by atoms with Gasteiger partial charge >= 0.3 is 0 Å². The number of benzene rings is 1. The highest BCUT2D eigenvalue weighted by Crippen LogP contribution is 2.09. The third-order valence-electron chi connectivity index (χ3n) is 3.93. The number of nitrogens with two attached hydrogens (primary N) is 1. The van der Waals surface area contributed by atoms with Gasteiger partial charge in [0.05, 0.1) is 17.2 Å². The zero-order valence-electron chi connectivity index (χ0n) is 12.1. The molecule has 1 aromatic heterocycles. The number of hydrogen-bond acceptors (Lipinski definition) is 4. The van der Waals surface area contributed by atoms with Crippen molar-refractivity contribution in [1.82, 2.24) is 14.5 Å². The summed E-state index contributed by atoms with van der Waals surface area (Å²) in [5, 5.41) is 0.536. The maximum absolute atomic E-state index is 12.3. The predicted molar refractivity (Wildman–Crippen MR) is 87.0 cm³/mol. The van der Waals surface area contributed by atoms with Gasteiger partial charge in [0.15, 0.2) is 0 Å². The molecule has 2 aromatic rings. The van der Waals surface area contributed by atoms with Crippen molar-refractivity contribution in [3.63, 3.8) is 0 Å². The lowest BCUT2D eigenvalue weighted by molar-refractivity contribution is -0.132. The first-order chi connectivity index (χ1) is 10.1. The number of rotatable bonds is 2. The lowest BCUT2D eigenvalue weighted by atomic mass is 10.1. The summed E-state index contributed by atoms with van der Waals surface area (Å²) in [7, 11) is 0. The molecule has 0 aliphatic carbocycles. The molecule has 2 N–H and O–H groups in total. The molecule has 0 unspecified atom stereocenters. The maximum Gasteiger partial charge on any atom is 0.261 e. The Hall–Kier alpha value is -1.92. The monoisotopic (exact) mass is 322 g/mol. The molecule has 0 bridgehead atoms. The SMILES string of the molecule is Cl.NC1CCN(C(=O)Cn2cnc3ccccc3c2=O)CC1. The van der Waals surface area contributed by atoms with Crippen molar-refractivity contribution in [3.8, 4) is 0 Å². The number of carbonyl (C=O) groups is 1. The van der Waals surface area contributed by atoms with Gasteiger partial charge in [-0.2, -0.15) is 0 Å². The van der Waals surface area contributed by atoms with E-state index in [4.69, 9.17) is 5.73 Å². The summed E-state index contributed by atoms with van der Waals surface area (Å²) in [6.07, 6.45) is 3.07. The summed E-state index contributed by atoms with van der Waals surface area (Å²) in [6.45, 7) is 1.36. The van der Waals surface area contributed by atoms with Crippen molar-refractivity contribution in [2.45, 2.75) is 25.4 Å². The molecular weight excluding hydrogens is 304 g/mol. The van der Waals surface area contributed by atoms with Gasteiger partial charge in [-0.05, 0) is 25.0 Å². The molecule has 1 aliphatic rings. The summed E-state index contributed by atoms with van der Waals surface area (Å²) in [5.41, 5.74) is 6.30. The van der Waals surface area contributed by atoms with E-state index in [0.29, 0.717) is 24.0 Å². The highest BCUT2D eigenvalue weighted by molar-refractivity contribution is 5.85. The number of hydrogen-bond donors (Lipinski definition) is 1. The van der Waals surface area contributed by atoms with Crippen LogP contribution in [0.1, 0.15) is 12.8 Å². The van der Waals surface area contributed by atoms with Gasteiger partial charge in [0.2, 0.25) is 5.91 Å². The number of piperidine rings is 1. The molecule has 1 saturated heterocycles. The molecule has 1 amide bonds. The van der Waals surface area contributed by atoms with Crippen LogP contribution in [0.25, 0.3) is 10.9 Å². The zero-order chi connectivity index (χ0) is 14.8. The predicted octanol–water partition coefficient (Wildman–Crippen LogP) is 0.768. The molecular formula is C15H19ClN4O2. The number of amides is 1. The number of likely N-dealkylation sites (tertiary alicyclic amines) is 1. The van der Waals surface area contributed by atoms with Crippen molar-refractivity contribution in [2.75, 3.05) is 13.1 Å². The normalized spacial score (nSPS) is 15.6. The van der Waals surface area contributed by atoms with Gasteiger partial charge in [-0.1, -0.05) is 12.1 Å². The fourth-order valence-corrected chi connectivity index (χ4v) is 2.61.